The molecule has 0 aromatic rings. The Morgan fingerprint density at radius 3 is 2.58 bits per heavy atom. The molecule has 2 aliphatic rings. The highest BCUT2D eigenvalue weighted by molar-refractivity contribution is 5.89. The maximum Gasteiger partial charge on any atom is 0.242 e. The molecule has 2 N–H and O–H groups in total. The van der Waals surface area contributed by atoms with Gasteiger partial charge >= 0.3 is 0 Å². The highest BCUT2D eigenvalue weighted by atomic mass is 16.5. The third-order valence-electron chi connectivity index (χ3n) is 2.68. The van der Waals surface area contributed by atoms with Crippen LogP contribution in [0.4, 0.5) is 0 Å². The van der Waals surface area contributed by atoms with Crippen LogP contribution in [0.3, 0.4) is 0 Å². The highest BCUT2D eigenvalue weighted by Crippen LogP contribution is 2.35. The quantitative estimate of drug-likeness (QED) is 0.598. The van der Waals surface area contributed by atoms with Crippen molar-refractivity contribution in [2.24, 2.45) is 5.73 Å². The average Bonchev–Trinajstić information content (AvgIpc) is 2.67. The molecule has 0 bridgehead atoms. The molecule has 12 heavy (non-hydrogen) atoms. The van der Waals surface area contributed by atoms with Gasteiger partial charge in [0.2, 0.25) is 5.91 Å². The second kappa shape index (κ2) is 2.44. The lowest BCUT2D eigenvalue weighted by atomic mass is 10.1. The monoisotopic (exact) mass is 170 g/mol. The van der Waals surface area contributed by atoms with Crippen molar-refractivity contribution in [1.29, 1.82) is 0 Å². The molecule has 4 heteroatoms. The van der Waals surface area contributed by atoms with Crippen molar-refractivity contribution in [3.8, 4) is 0 Å². The molecule has 4 nitrogen and oxygen atoms in total. The zero-order valence-electron chi connectivity index (χ0n) is 7.25. The molecule has 1 amide bonds. The lowest BCUT2D eigenvalue weighted by Gasteiger charge is -2.39. The van der Waals surface area contributed by atoms with Gasteiger partial charge in [-0.25, -0.2) is 0 Å². The molecular formula is C8H14N2O2. The summed E-state index contributed by atoms with van der Waals surface area (Å²) in [7, 11) is 1.67. The zero-order chi connectivity index (χ0) is 8.77. The molecule has 0 radical (unpaired) electrons. The number of nitrogens with two attached hydrogens (primary N) is 1. The Labute approximate surface area is 71.7 Å². The van der Waals surface area contributed by atoms with Gasteiger partial charge in [0.1, 0.15) is 0 Å². The van der Waals surface area contributed by atoms with E-state index in [2.05, 4.69) is 0 Å². The van der Waals surface area contributed by atoms with Crippen LogP contribution in [0, 0.1) is 0 Å². The summed E-state index contributed by atoms with van der Waals surface area (Å²) >= 11 is 0. The van der Waals surface area contributed by atoms with Gasteiger partial charge in [-0.1, -0.05) is 0 Å². The third kappa shape index (κ3) is 1.11. The predicted octanol–water partition coefficient (Wildman–Crippen LogP) is -0.665. The summed E-state index contributed by atoms with van der Waals surface area (Å²) in [6.07, 6.45) is 1.93. The molecule has 1 aliphatic heterocycles. The second-order valence-electron chi connectivity index (χ2n) is 3.72. The number of carbonyl (C=O) groups is 1. The lowest BCUT2D eigenvalue weighted by Crippen LogP contribution is -2.59. The van der Waals surface area contributed by atoms with Gasteiger partial charge in [0.15, 0.2) is 0 Å². The summed E-state index contributed by atoms with van der Waals surface area (Å²) < 4.78 is 5.06. The SMILES string of the molecule is COC1CN(C(=O)C2(N)CC2)C1. The molecule has 2 fully saturated rings. The number of likely N-dealkylation sites (tertiary alicyclic amines) is 1. The van der Waals surface area contributed by atoms with E-state index >= 15 is 0 Å². The fourth-order valence-corrected chi connectivity index (χ4v) is 1.42. The zero-order valence-corrected chi connectivity index (χ0v) is 7.25. The van der Waals surface area contributed by atoms with Crippen LogP contribution in [-0.4, -0.2) is 42.6 Å². The normalized spacial score (nSPS) is 26.7. The first-order chi connectivity index (χ1) is 5.65. The van der Waals surface area contributed by atoms with E-state index in [0.717, 1.165) is 12.8 Å². The second-order valence-corrected chi connectivity index (χ2v) is 3.72. The van der Waals surface area contributed by atoms with Crippen molar-refractivity contribution in [2.45, 2.75) is 24.5 Å². The first-order valence-corrected chi connectivity index (χ1v) is 4.27. The first-order valence-electron chi connectivity index (χ1n) is 4.27. The molecule has 1 aliphatic carbocycles. The minimum Gasteiger partial charge on any atom is -0.378 e. The fraction of sp³-hybridized carbons (Fsp3) is 0.875. The van der Waals surface area contributed by atoms with Crippen molar-refractivity contribution in [2.75, 3.05) is 20.2 Å². The molecule has 1 saturated heterocycles. The topological polar surface area (TPSA) is 55.6 Å². The van der Waals surface area contributed by atoms with Gasteiger partial charge in [-0.05, 0) is 12.8 Å². The van der Waals surface area contributed by atoms with Crippen LogP contribution in [-0.2, 0) is 9.53 Å². The van der Waals surface area contributed by atoms with Gasteiger partial charge in [0.25, 0.3) is 0 Å². The number of carbonyl (C=O) groups excluding carboxylic acids is 1. The lowest BCUT2D eigenvalue weighted by molar-refractivity contribution is -0.145. The summed E-state index contributed by atoms with van der Waals surface area (Å²) in [5.74, 6) is 0.107. The number of hydrogen-bond donors (Lipinski definition) is 1. The molecule has 1 heterocycles. The van der Waals surface area contributed by atoms with E-state index in [1.54, 1.807) is 12.0 Å². The Morgan fingerprint density at radius 1 is 1.58 bits per heavy atom. The van der Waals surface area contributed by atoms with Gasteiger partial charge in [0, 0.05) is 20.2 Å². The van der Waals surface area contributed by atoms with Crippen molar-refractivity contribution >= 4 is 5.91 Å². The molecule has 0 unspecified atom stereocenters. The van der Waals surface area contributed by atoms with E-state index in [4.69, 9.17) is 10.5 Å². The number of ether oxygens (including phenoxy) is 1. The summed E-state index contributed by atoms with van der Waals surface area (Å²) in [4.78, 5) is 13.3. The van der Waals surface area contributed by atoms with Crippen LogP contribution in [0.25, 0.3) is 0 Å². The van der Waals surface area contributed by atoms with E-state index in [1.165, 1.54) is 0 Å². The molecular weight excluding hydrogens is 156 g/mol. The van der Waals surface area contributed by atoms with Crippen LogP contribution in [0.15, 0.2) is 0 Å². The van der Waals surface area contributed by atoms with Crippen molar-refractivity contribution in [1.82, 2.24) is 4.90 Å². The molecule has 0 atom stereocenters. The Bertz CT molecular complexity index is 207. The van der Waals surface area contributed by atoms with E-state index < -0.39 is 5.54 Å². The van der Waals surface area contributed by atoms with Gasteiger partial charge in [-0.2, -0.15) is 0 Å². The van der Waals surface area contributed by atoms with E-state index in [9.17, 15) is 4.79 Å². The van der Waals surface area contributed by atoms with E-state index in [1.807, 2.05) is 0 Å². The summed E-state index contributed by atoms with van der Waals surface area (Å²) in [6.45, 7) is 1.43. The van der Waals surface area contributed by atoms with Crippen LogP contribution in [0.5, 0.6) is 0 Å². The van der Waals surface area contributed by atoms with Crippen LogP contribution in [0.2, 0.25) is 0 Å². The summed E-state index contributed by atoms with van der Waals surface area (Å²) in [6, 6.07) is 0. The first kappa shape index (κ1) is 8.01. The predicted molar refractivity (Wildman–Crippen MR) is 43.5 cm³/mol. The molecule has 0 aromatic carbocycles. The molecule has 0 spiro atoms. The smallest absolute Gasteiger partial charge is 0.242 e. The van der Waals surface area contributed by atoms with E-state index in [-0.39, 0.29) is 12.0 Å². The third-order valence-corrected chi connectivity index (χ3v) is 2.68. The standard InChI is InChI=1S/C8H14N2O2/c1-12-6-4-10(5-6)7(11)8(9)2-3-8/h6H,2-5,9H2,1H3. The molecule has 68 valence electrons. The largest absolute Gasteiger partial charge is 0.378 e. The van der Waals surface area contributed by atoms with Crippen molar-refractivity contribution in [3.63, 3.8) is 0 Å². The van der Waals surface area contributed by atoms with Gasteiger partial charge in [0.05, 0.1) is 11.6 Å². The number of methoxy groups -OCH3 is 1. The van der Waals surface area contributed by atoms with Gasteiger partial charge < -0.3 is 15.4 Å². The number of nitrogens with zero attached hydrogens (tertiary/aromatic N) is 1. The van der Waals surface area contributed by atoms with Crippen molar-refractivity contribution in [3.05, 3.63) is 0 Å². The van der Waals surface area contributed by atoms with Gasteiger partial charge in [-0.3, -0.25) is 4.79 Å². The number of amides is 1. The fourth-order valence-electron chi connectivity index (χ4n) is 1.42. The van der Waals surface area contributed by atoms with Crippen LogP contribution < -0.4 is 5.73 Å². The van der Waals surface area contributed by atoms with Crippen LogP contribution in [0.1, 0.15) is 12.8 Å². The molecule has 0 aromatic heterocycles. The van der Waals surface area contributed by atoms with Crippen LogP contribution >= 0.6 is 0 Å². The van der Waals surface area contributed by atoms with E-state index in [0.29, 0.717) is 13.1 Å². The summed E-state index contributed by atoms with van der Waals surface area (Å²) in [5.41, 5.74) is 5.25. The minimum absolute atomic E-state index is 0.107. The molecule has 2 rings (SSSR count). The average molecular weight is 170 g/mol. The highest BCUT2D eigenvalue weighted by Gasteiger charge is 2.50. The Morgan fingerprint density at radius 2 is 2.17 bits per heavy atom. The maximum absolute atomic E-state index is 11.5. The van der Waals surface area contributed by atoms with Gasteiger partial charge in [-0.15, -0.1) is 0 Å². The minimum atomic E-state index is -0.501. The Kier molecular flexibility index (Phi) is 1.63. The maximum atomic E-state index is 11.5. The Balaban J connectivity index is 1.84. The van der Waals surface area contributed by atoms with Crippen molar-refractivity contribution < 1.29 is 9.53 Å². The number of hydrogen-bond acceptors (Lipinski definition) is 3. The summed E-state index contributed by atoms with van der Waals surface area (Å²) in [5, 5.41) is 0. The number of rotatable bonds is 2. The Hall–Kier alpha value is -0.610. The molecule has 1 saturated carbocycles.